The summed E-state index contributed by atoms with van der Waals surface area (Å²) in [7, 11) is -3.50. The molecule has 0 bridgehead atoms. The van der Waals surface area contributed by atoms with E-state index in [1.807, 2.05) is 16.7 Å². The number of aromatic nitrogens is 3. The maximum atomic E-state index is 13.3. The third-order valence-electron chi connectivity index (χ3n) is 4.92. The Morgan fingerprint density at radius 3 is 2.42 bits per heavy atom. The van der Waals surface area contributed by atoms with Crippen LogP contribution in [0.5, 0.6) is 0 Å². The lowest BCUT2D eigenvalue weighted by Gasteiger charge is -2.33. The van der Waals surface area contributed by atoms with Gasteiger partial charge in [-0.2, -0.15) is 4.31 Å². The number of rotatable bonds is 8. The Morgan fingerprint density at radius 2 is 1.81 bits per heavy atom. The molecule has 0 unspecified atom stereocenters. The van der Waals surface area contributed by atoms with Gasteiger partial charge >= 0.3 is 0 Å². The fourth-order valence-electron chi connectivity index (χ4n) is 3.37. The minimum atomic E-state index is -3.50. The maximum absolute atomic E-state index is 13.3. The van der Waals surface area contributed by atoms with Gasteiger partial charge in [-0.05, 0) is 56.5 Å². The molecule has 1 saturated heterocycles. The molecule has 1 aromatic carbocycles. The molecule has 1 N–H and O–H groups in total. The molecular formula is C18H27N5O2S. The van der Waals surface area contributed by atoms with Gasteiger partial charge in [-0.3, -0.25) is 0 Å². The largest absolute Gasteiger partial charge is 0.320 e. The summed E-state index contributed by atoms with van der Waals surface area (Å²) in [6.45, 7) is 4.99. The highest BCUT2D eigenvalue weighted by Gasteiger charge is 2.31. The lowest BCUT2D eigenvalue weighted by molar-refractivity contribution is 0.256. The summed E-state index contributed by atoms with van der Waals surface area (Å²) in [6.07, 6.45) is 6.64. The van der Waals surface area contributed by atoms with Gasteiger partial charge in [-0.1, -0.05) is 19.1 Å². The minimum absolute atomic E-state index is 0.0491. The average molecular weight is 378 g/mol. The lowest BCUT2D eigenvalue weighted by atomic mass is 10.1. The first-order valence-corrected chi connectivity index (χ1v) is 10.7. The number of nitrogens with zero attached hydrogens (tertiary/aromatic N) is 4. The van der Waals surface area contributed by atoms with Crippen LogP contribution in [-0.4, -0.2) is 53.2 Å². The highest BCUT2D eigenvalue weighted by molar-refractivity contribution is 7.89. The molecule has 2 heterocycles. The number of piperidine rings is 1. The zero-order chi connectivity index (χ0) is 18.4. The highest BCUT2D eigenvalue weighted by atomic mass is 32.2. The molecular weight excluding hydrogens is 350 g/mol. The minimum Gasteiger partial charge on any atom is -0.320 e. The number of benzene rings is 1. The predicted octanol–water partition coefficient (Wildman–Crippen LogP) is 1.67. The Morgan fingerprint density at radius 1 is 1.15 bits per heavy atom. The van der Waals surface area contributed by atoms with Crippen LogP contribution in [-0.2, 0) is 23.0 Å². The molecule has 1 aliphatic heterocycles. The molecule has 1 fully saturated rings. The summed E-state index contributed by atoms with van der Waals surface area (Å²) >= 11 is 0. The molecule has 3 rings (SSSR count). The number of hydrogen-bond acceptors (Lipinski definition) is 5. The summed E-state index contributed by atoms with van der Waals surface area (Å²) in [5.41, 5.74) is 1.14. The second kappa shape index (κ2) is 8.75. The second-order valence-electron chi connectivity index (χ2n) is 6.65. The van der Waals surface area contributed by atoms with Gasteiger partial charge in [0.15, 0.2) is 0 Å². The van der Waals surface area contributed by atoms with E-state index < -0.39 is 10.0 Å². The number of aryl methyl sites for hydroxylation is 2. The van der Waals surface area contributed by atoms with Gasteiger partial charge in [0.25, 0.3) is 0 Å². The molecule has 0 atom stereocenters. The Hall–Kier alpha value is -1.77. The summed E-state index contributed by atoms with van der Waals surface area (Å²) in [4.78, 5) is 0.387. The Bertz CT molecular complexity index is 768. The van der Waals surface area contributed by atoms with Gasteiger partial charge in [0.1, 0.15) is 12.7 Å². The Balaban J connectivity index is 1.77. The van der Waals surface area contributed by atoms with Crippen molar-refractivity contribution in [1.82, 2.24) is 24.4 Å². The Kier molecular flexibility index (Phi) is 6.39. The molecule has 0 spiro atoms. The third kappa shape index (κ3) is 4.49. The highest BCUT2D eigenvalue weighted by Crippen LogP contribution is 2.23. The first kappa shape index (κ1) is 19.0. The van der Waals surface area contributed by atoms with Crippen LogP contribution in [0, 0.1) is 0 Å². The van der Waals surface area contributed by atoms with Crippen LogP contribution in [0.4, 0.5) is 0 Å². The second-order valence-corrected chi connectivity index (χ2v) is 8.54. The van der Waals surface area contributed by atoms with E-state index in [4.69, 9.17) is 0 Å². The zero-order valence-electron chi connectivity index (χ0n) is 15.2. The monoisotopic (exact) mass is 377 g/mol. The van der Waals surface area contributed by atoms with Crippen LogP contribution in [0.2, 0.25) is 0 Å². The van der Waals surface area contributed by atoms with Crippen molar-refractivity contribution >= 4 is 10.0 Å². The molecule has 26 heavy (non-hydrogen) atoms. The number of hydrogen-bond donors (Lipinski definition) is 1. The summed E-state index contributed by atoms with van der Waals surface area (Å²) in [5, 5.41) is 10.9. The predicted molar refractivity (Wildman–Crippen MR) is 100 cm³/mol. The quantitative estimate of drug-likeness (QED) is 0.757. The van der Waals surface area contributed by atoms with Crippen LogP contribution in [0.15, 0.2) is 41.8 Å². The van der Waals surface area contributed by atoms with Gasteiger partial charge in [-0.25, -0.2) is 8.42 Å². The zero-order valence-corrected chi connectivity index (χ0v) is 16.0. The SMILES string of the molecule is CCc1ccc(S(=O)(=O)N(CCCn2cnnc2)C2CCNCC2)cc1. The standard InChI is InChI=1S/C18H27N5O2S/c1-2-16-4-6-18(7-5-16)26(24,25)23(17-8-10-19-11-9-17)13-3-12-22-14-20-21-15-22/h4-7,14-15,17,19H,2-3,8-13H2,1H3. The van der Waals surface area contributed by atoms with Crippen LogP contribution in [0.25, 0.3) is 0 Å². The molecule has 0 saturated carbocycles. The van der Waals surface area contributed by atoms with E-state index in [0.29, 0.717) is 18.0 Å². The molecule has 2 aromatic rings. The number of sulfonamides is 1. The third-order valence-corrected chi connectivity index (χ3v) is 6.88. The van der Waals surface area contributed by atoms with Gasteiger partial charge in [-0.15, -0.1) is 10.2 Å². The van der Waals surface area contributed by atoms with Crippen LogP contribution in [0.1, 0.15) is 31.7 Å². The lowest BCUT2D eigenvalue weighted by Crippen LogP contribution is -2.46. The van der Waals surface area contributed by atoms with Crippen molar-refractivity contribution in [2.24, 2.45) is 0 Å². The maximum Gasteiger partial charge on any atom is 0.243 e. The normalized spacial score (nSPS) is 16.2. The van der Waals surface area contributed by atoms with E-state index in [9.17, 15) is 8.42 Å². The van der Waals surface area contributed by atoms with Crippen molar-refractivity contribution in [2.45, 2.75) is 50.1 Å². The van der Waals surface area contributed by atoms with Gasteiger partial charge in [0.2, 0.25) is 10.0 Å². The average Bonchev–Trinajstić information content (AvgIpc) is 3.19. The van der Waals surface area contributed by atoms with Crippen molar-refractivity contribution in [3.63, 3.8) is 0 Å². The van der Waals surface area contributed by atoms with E-state index in [2.05, 4.69) is 22.4 Å². The fraction of sp³-hybridized carbons (Fsp3) is 0.556. The summed E-state index contributed by atoms with van der Waals surface area (Å²) in [6, 6.07) is 7.34. The molecule has 0 aliphatic carbocycles. The van der Waals surface area contributed by atoms with Gasteiger partial charge in [0, 0.05) is 19.1 Å². The van der Waals surface area contributed by atoms with Gasteiger partial charge in [0.05, 0.1) is 4.90 Å². The first-order valence-electron chi connectivity index (χ1n) is 9.25. The number of nitrogens with one attached hydrogen (secondary N) is 1. The van der Waals surface area contributed by atoms with Crippen molar-refractivity contribution in [3.8, 4) is 0 Å². The van der Waals surface area contributed by atoms with Crippen molar-refractivity contribution < 1.29 is 8.42 Å². The van der Waals surface area contributed by atoms with Crippen LogP contribution < -0.4 is 5.32 Å². The summed E-state index contributed by atoms with van der Waals surface area (Å²) in [5.74, 6) is 0. The first-order chi connectivity index (χ1) is 12.6. The molecule has 7 nitrogen and oxygen atoms in total. The van der Waals surface area contributed by atoms with E-state index in [1.165, 1.54) is 0 Å². The van der Waals surface area contributed by atoms with Gasteiger partial charge < -0.3 is 9.88 Å². The van der Waals surface area contributed by atoms with Crippen molar-refractivity contribution in [1.29, 1.82) is 0 Å². The smallest absolute Gasteiger partial charge is 0.243 e. The molecule has 0 radical (unpaired) electrons. The molecule has 142 valence electrons. The topological polar surface area (TPSA) is 80.1 Å². The molecule has 0 amide bonds. The van der Waals surface area contributed by atoms with E-state index in [0.717, 1.165) is 44.3 Å². The van der Waals surface area contributed by atoms with E-state index in [-0.39, 0.29) is 6.04 Å². The van der Waals surface area contributed by atoms with E-state index in [1.54, 1.807) is 29.1 Å². The summed E-state index contributed by atoms with van der Waals surface area (Å²) < 4.78 is 30.2. The van der Waals surface area contributed by atoms with Crippen molar-refractivity contribution in [2.75, 3.05) is 19.6 Å². The van der Waals surface area contributed by atoms with Crippen molar-refractivity contribution in [3.05, 3.63) is 42.5 Å². The molecule has 8 heteroatoms. The van der Waals surface area contributed by atoms with Crippen LogP contribution in [0.3, 0.4) is 0 Å². The molecule has 1 aromatic heterocycles. The molecule has 1 aliphatic rings. The Labute approximate surface area is 155 Å². The van der Waals surface area contributed by atoms with E-state index >= 15 is 0 Å². The van der Waals surface area contributed by atoms with Crippen LogP contribution >= 0.6 is 0 Å². The fourth-order valence-corrected chi connectivity index (χ4v) is 5.10.